The molecule has 2 rings (SSSR count). The van der Waals surface area contributed by atoms with E-state index >= 15 is 0 Å². The zero-order chi connectivity index (χ0) is 14.9. The first-order valence-corrected chi connectivity index (χ1v) is 7.39. The fourth-order valence-electron chi connectivity index (χ4n) is 2.34. The van der Waals surface area contributed by atoms with Gasteiger partial charge < -0.3 is 4.57 Å². The number of nitrogens with zero attached hydrogens (tertiary/aromatic N) is 2. The topological polar surface area (TPSA) is 28.7 Å². The molecule has 1 atom stereocenters. The highest BCUT2D eigenvalue weighted by Gasteiger charge is 2.36. The van der Waals surface area contributed by atoms with Crippen LogP contribution in [0.25, 0.3) is 10.9 Å². The summed E-state index contributed by atoms with van der Waals surface area (Å²) in [6.07, 6.45) is -0.918. The van der Waals surface area contributed by atoms with Crippen LogP contribution in [0.3, 0.4) is 0 Å². The number of rotatable bonds is 3. The van der Waals surface area contributed by atoms with Crippen LogP contribution in [-0.2, 0) is 6.18 Å². The molecule has 2 aromatic rings. The molecule has 0 spiro atoms. The lowest BCUT2D eigenvalue weighted by atomic mass is 10.0. The third-order valence-corrected chi connectivity index (χ3v) is 4.00. The van der Waals surface area contributed by atoms with Gasteiger partial charge in [-0.15, -0.1) is 0 Å². The first-order valence-electron chi connectivity index (χ1n) is 6.00. The van der Waals surface area contributed by atoms with Crippen molar-refractivity contribution in [2.24, 2.45) is 0 Å². The van der Waals surface area contributed by atoms with Gasteiger partial charge in [-0.1, -0.05) is 0 Å². The molecule has 0 unspecified atom stereocenters. The summed E-state index contributed by atoms with van der Waals surface area (Å²) in [5.41, 5.74) is -0.661. The number of thioether (sulfide) groups is 1. The normalized spacial score (nSPS) is 13.4. The zero-order valence-corrected chi connectivity index (χ0v) is 11.8. The van der Waals surface area contributed by atoms with E-state index < -0.39 is 11.7 Å². The number of hydrogen-bond acceptors (Lipinski definition) is 2. The van der Waals surface area contributed by atoms with Gasteiger partial charge in [-0.25, -0.2) is 0 Å². The minimum absolute atomic E-state index is 0.0875. The number of fused-ring (bicyclic) bond motifs is 1. The second-order valence-electron chi connectivity index (χ2n) is 4.56. The van der Waals surface area contributed by atoms with Crippen molar-refractivity contribution < 1.29 is 13.2 Å². The highest BCUT2D eigenvalue weighted by Crippen LogP contribution is 2.38. The SMILES string of the molecule is CSC[C@H](C)n1ccc2c(C(F)(F)F)c(C#N)ccc21. The summed E-state index contributed by atoms with van der Waals surface area (Å²) in [6, 6.07) is 5.99. The molecule has 0 fully saturated rings. The number of hydrogen-bond donors (Lipinski definition) is 0. The molecule has 1 aromatic carbocycles. The van der Waals surface area contributed by atoms with Crippen molar-refractivity contribution in [1.29, 1.82) is 5.26 Å². The van der Waals surface area contributed by atoms with Crippen LogP contribution in [0.1, 0.15) is 24.1 Å². The molecule has 20 heavy (non-hydrogen) atoms. The summed E-state index contributed by atoms with van der Waals surface area (Å²) < 4.78 is 41.3. The Morgan fingerprint density at radius 1 is 1.35 bits per heavy atom. The molecule has 0 radical (unpaired) electrons. The Hall–Kier alpha value is -1.61. The molecule has 1 aromatic heterocycles. The fraction of sp³-hybridized carbons (Fsp3) is 0.357. The lowest BCUT2D eigenvalue weighted by Gasteiger charge is -2.15. The van der Waals surface area contributed by atoms with Crippen LogP contribution < -0.4 is 0 Å². The average molecular weight is 298 g/mol. The van der Waals surface area contributed by atoms with E-state index in [1.165, 1.54) is 12.1 Å². The molecule has 0 amide bonds. The van der Waals surface area contributed by atoms with Crippen LogP contribution in [0, 0.1) is 11.3 Å². The molecule has 106 valence electrons. The molecule has 0 aliphatic heterocycles. The number of aromatic nitrogens is 1. The van der Waals surface area contributed by atoms with Gasteiger partial charge in [0.25, 0.3) is 0 Å². The van der Waals surface area contributed by atoms with Crippen LogP contribution >= 0.6 is 11.8 Å². The van der Waals surface area contributed by atoms with E-state index in [2.05, 4.69) is 0 Å². The van der Waals surface area contributed by atoms with Crippen LogP contribution in [0.15, 0.2) is 24.4 Å². The average Bonchev–Trinajstić information content (AvgIpc) is 2.80. The van der Waals surface area contributed by atoms with Crippen LogP contribution in [0.4, 0.5) is 13.2 Å². The maximum absolute atomic E-state index is 13.2. The van der Waals surface area contributed by atoms with Gasteiger partial charge in [-0.3, -0.25) is 0 Å². The van der Waals surface area contributed by atoms with Gasteiger partial charge in [0.05, 0.1) is 17.2 Å². The van der Waals surface area contributed by atoms with E-state index in [9.17, 15) is 13.2 Å². The minimum atomic E-state index is -4.53. The van der Waals surface area contributed by atoms with Crippen molar-refractivity contribution in [2.75, 3.05) is 12.0 Å². The summed E-state index contributed by atoms with van der Waals surface area (Å²) >= 11 is 1.64. The highest BCUT2D eigenvalue weighted by molar-refractivity contribution is 7.98. The maximum Gasteiger partial charge on any atom is 0.418 e. The first kappa shape index (κ1) is 14.8. The van der Waals surface area contributed by atoms with E-state index in [0.717, 1.165) is 5.75 Å². The smallest absolute Gasteiger partial charge is 0.344 e. The Kier molecular flexibility index (Phi) is 4.00. The fourth-order valence-corrected chi connectivity index (χ4v) is 2.98. The van der Waals surface area contributed by atoms with Gasteiger partial charge in [-0.2, -0.15) is 30.2 Å². The zero-order valence-electron chi connectivity index (χ0n) is 11.0. The van der Waals surface area contributed by atoms with Crippen molar-refractivity contribution in [3.8, 4) is 6.07 Å². The molecule has 0 aliphatic carbocycles. The second kappa shape index (κ2) is 5.41. The molecular weight excluding hydrogens is 285 g/mol. The van der Waals surface area contributed by atoms with Gasteiger partial charge in [0.15, 0.2) is 0 Å². The Balaban J connectivity index is 2.69. The van der Waals surface area contributed by atoms with E-state index in [4.69, 9.17) is 5.26 Å². The molecule has 0 saturated heterocycles. The van der Waals surface area contributed by atoms with Gasteiger partial charge >= 0.3 is 6.18 Å². The predicted octanol–water partition coefficient (Wildman–Crippen LogP) is 4.46. The second-order valence-corrected chi connectivity index (χ2v) is 5.47. The standard InChI is InChI=1S/C14H13F3N2S/c1-9(8-20-2)19-6-5-11-12(19)4-3-10(7-18)13(11)14(15,16)17/h3-6,9H,8H2,1-2H3/t9-/m0/s1. The van der Waals surface area contributed by atoms with Crippen molar-refractivity contribution in [3.63, 3.8) is 0 Å². The molecule has 0 aliphatic rings. The third kappa shape index (κ3) is 2.50. The first-order chi connectivity index (χ1) is 9.40. The van der Waals surface area contributed by atoms with E-state index in [1.54, 1.807) is 30.1 Å². The number of nitriles is 1. The lowest BCUT2D eigenvalue weighted by molar-refractivity contribution is -0.136. The Labute approximate surface area is 119 Å². The Morgan fingerprint density at radius 2 is 2.05 bits per heavy atom. The van der Waals surface area contributed by atoms with Crippen molar-refractivity contribution in [3.05, 3.63) is 35.5 Å². The lowest BCUT2D eigenvalue weighted by Crippen LogP contribution is -2.10. The maximum atomic E-state index is 13.2. The van der Waals surface area contributed by atoms with Gasteiger partial charge in [-0.05, 0) is 31.4 Å². The van der Waals surface area contributed by atoms with Crippen LogP contribution in [0.2, 0.25) is 0 Å². The molecule has 0 bridgehead atoms. The predicted molar refractivity (Wildman–Crippen MR) is 74.7 cm³/mol. The molecular formula is C14H13F3N2S. The molecule has 1 heterocycles. The molecule has 6 heteroatoms. The largest absolute Gasteiger partial charge is 0.418 e. The Bertz CT molecular complexity index is 667. The van der Waals surface area contributed by atoms with Crippen LogP contribution in [0.5, 0.6) is 0 Å². The number of benzene rings is 1. The summed E-state index contributed by atoms with van der Waals surface area (Å²) in [5, 5.41) is 8.97. The summed E-state index contributed by atoms with van der Waals surface area (Å²) in [4.78, 5) is 0. The molecule has 0 N–H and O–H groups in total. The quantitative estimate of drug-likeness (QED) is 0.837. The summed E-state index contributed by atoms with van der Waals surface area (Å²) in [5.74, 6) is 0.811. The van der Waals surface area contributed by atoms with E-state index in [1.807, 2.05) is 17.7 Å². The van der Waals surface area contributed by atoms with E-state index in [0.29, 0.717) is 5.52 Å². The molecule has 0 saturated carbocycles. The Morgan fingerprint density at radius 3 is 2.60 bits per heavy atom. The minimum Gasteiger partial charge on any atom is -0.344 e. The van der Waals surface area contributed by atoms with Gasteiger partial charge in [0.1, 0.15) is 0 Å². The number of halogens is 3. The highest BCUT2D eigenvalue weighted by atomic mass is 32.2. The molecule has 2 nitrogen and oxygen atoms in total. The monoisotopic (exact) mass is 298 g/mol. The van der Waals surface area contributed by atoms with Gasteiger partial charge in [0, 0.05) is 28.9 Å². The third-order valence-electron chi connectivity index (χ3n) is 3.19. The van der Waals surface area contributed by atoms with Crippen molar-refractivity contribution in [1.82, 2.24) is 4.57 Å². The van der Waals surface area contributed by atoms with Gasteiger partial charge in [0.2, 0.25) is 0 Å². The van der Waals surface area contributed by atoms with Crippen molar-refractivity contribution >= 4 is 22.7 Å². The summed E-state index contributed by atoms with van der Waals surface area (Å²) in [7, 11) is 0. The van der Waals surface area contributed by atoms with Crippen LogP contribution in [-0.4, -0.2) is 16.6 Å². The van der Waals surface area contributed by atoms with Crippen molar-refractivity contribution in [2.45, 2.75) is 19.1 Å². The summed E-state index contributed by atoms with van der Waals surface area (Å²) in [6.45, 7) is 1.96. The van der Waals surface area contributed by atoms with E-state index in [-0.39, 0.29) is 17.0 Å². The number of alkyl halides is 3.